The van der Waals surface area contributed by atoms with E-state index in [4.69, 9.17) is 0 Å². The van der Waals surface area contributed by atoms with Crippen molar-refractivity contribution in [1.29, 1.82) is 0 Å². The smallest absolute Gasteiger partial charge is 0.230 e. The van der Waals surface area contributed by atoms with Gasteiger partial charge in [0.25, 0.3) is 0 Å². The molecule has 1 fully saturated rings. The number of nitrogens with one attached hydrogen (secondary N) is 1. The molecule has 0 saturated carbocycles. The highest BCUT2D eigenvalue weighted by Gasteiger charge is 2.33. The fraction of sp³-hybridized carbons (Fsp3) is 0.350. The minimum Gasteiger partial charge on any atom is -0.367 e. The maximum absolute atomic E-state index is 14.0. The third kappa shape index (κ3) is 3.90. The lowest BCUT2D eigenvalue weighted by molar-refractivity contribution is -0.126. The highest BCUT2D eigenvalue weighted by atomic mass is 79.9. The highest BCUT2D eigenvalue weighted by molar-refractivity contribution is 9.10. The van der Waals surface area contributed by atoms with Crippen molar-refractivity contribution in [2.75, 3.05) is 18.0 Å². The zero-order valence-corrected chi connectivity index (χ0v) is 16.3. The van der Waals surface area contributed by atoms with Gasteiger partial charge in [-0.3, -0.25) is 4.79 Å². The van der Waals surface area contributed by atoms with Crippen LogP contribution in [-0.2, 0) is 10.2 Å². The second kappa shape index (κ2) is 7.35. The molecule has 2 aromatic rings. The van der Waals surface area contributed by atoms with E-state index in [9.17, 15) is 13.6 Å². The number of amides is 1. The van der Waals surface area contributed by atoms with E-state index in [-0.39, 0.29) is 11.9 Å². The molecule has 1 aliphatic heterocycles. The fourth-order valence-corrected chi connectivity index (χ4v) is 3.61. The van der Waals surface area contributed by atoms with Crippen LogP contribution in [0.4, 0.5) is 14.5 Å². The summed E-state index contributed by atoms with van der Waals surface area (Å²) in [5.41, 5.74) is 0.608. The molecule has 6 heteroatoms. The summed E-state index contributed by atoms with van der Waals surface area (Å²) in [7, 11) is 0. The molecule has 1 heterocycles. The molecular weight excluding hydrogens is 402 g/mol. The van der Waals surface area contributed by atoms with Gasteiger partial charge in [0.2, 0.25) is 5.91 Å². The van der Waals surface area contributed by atoms with Gasteiger partial charge in [-0.25, -0.2) is 8.78 Å². The van der Waals surface area contributed by atoms with Gasteiger partial charge in [0, 0.05) is 29.7 Å². The van der Waals surface area contributed by atoms with Gasteiger partial charge in [-0.2, -0.15) is 0 Å². The molecule has 138 valence electrons. The van der Waals surface area contributed by atoms with Crippen LogP contribution in [0.2, 0.25) is 0 Å². The molecule has 1 unspecified atom stereocenters. The van der Waals surface area contributed by atoms with E-state index in [0.29, 0.717) is 18.8 Å². The molecule has 1 aliphatic rings. The maximum Gasteiger partial charge on any atom is 0.230 e. The number of benzene rings is 2. The first-order valence-electron chi connectivity index (χ1n) is 8.54. The summed E-state index contributed by atoms with van der Waals surface area (Å²) < 4.78 is 28.0. The van der Waals surface area contributed by atoms with Gasteiger partial charge in [-0.15, -0.1) is 0 Å². The van der Waals surface area contributed by atoms with Crippen LogP contribution in [0.15, 0.2) is 46.9 Å². The van der Waals surface area contributed by atoms with Crippen LogP contribution >= 0.6 is 15.9 Å². The van der Waals surface area contributed by atoms with Crippen molar-refractivity contribution in [3.8, 4) is 0 Å². The van der Waals surface area contributed by atoms with Crippen LogP contribution in [0.25, 0.3) is 0 Å². The predicted molar refractivity (Wildman–Crippen MR) is 102 cm³/mol. The molecule has 1 atom stereocenters. The first kappa shape index (κ1) is 18.8. The van der Waals surface area contributed by atoms with Gasteiger partial charge in [-0.05, 0) is 50.1 Å². The summed E-state index contributed by atoms with van der Waals surface area (Å²) >= 11 is 3.44. The standard InChI is InChI=1S/C20H21BrF2N2O/c1-20(2,13-4-3-5-14(21)10-13)19(26)24-16-8-9-25(12-16)18-7-6-15(22)11-17(18)23/h3-7,10-11,16H,8-9,12H2,1-2H3,(H,24,26). The molecule has 2 aromatic carbocycles. The third-order valence-corrected chi connectivity index (χ3v) is 5.38. The van der Waals surface area contributed by atoms with Crippen molar-refractivity contribution >= 4 is 27.5 Å². The number of halogens is 3. The summed E-state index contributed by atoms with van der Waals surface area (Å²) in [6.45, 7) is 4.89. The normalized spacial score (nSPS) is 17.4. The SMILES string of the molecule is CC(C)(C(=O)NC1CCN(c2ccc(F)cc2F)C1)c1cccc(Br)c1. The van der Waals surface area contributed by atoms with Crippen LogP contribution in [0.3, 0.4) is 0 Å². The zero-order valence-electron chi connectivity index (χ0n) is 14.7. The fourth-order valence-electron chi connectivity index (χ4n) is 3.21. The summed E-state index contributed by atoms with van der Waals surface area (Å²) in [5, 5.41) is 3.08. The molecule has 1 amide bonds. The van der Waals surface area contributed by atoms with Crippen molar-refractivity contribution in [3.63, 3.8) is 0 Å². The number of hydrogen-bond acceptors (Lipinski definition) is 2. The molecule has 1 saturated heterocycles. The van der Waals surface area contributed by atoms with E-state index in [1.54, 1.807) is 0 Å². The van der Waals surface area contributed by atoms with Crippen molar-refractivity contribution < 1.29 is 13.6 Å². The Balaban J connectivity index is 1.67. The Hall–Kier alpha value is -1.95. The van der Waals surface area contributed by atoms with E-state index < -0.39 is 17.0 Å². The van der Waals surface area contributed by atoms with Crippen LogP contribution < -0.4 is 10.2 Å². The van der Waals surface area contributed by atoms with Gasteiger partial charge in [-0.1, -0.05) is 28.1 Å². The Morgan fingerprint density at radius 1 is 1.23 bits per heavy atom. The number of carbonyl (C=O) groups excluding carboxylic acids is 1. The molecule has 0 radical (unpaired) electrons. The van der Waals surface area contributed by atoms with E-state index >= 15 is 0 Å². The minimum absolute atomic E-state index is 0.0676. The zero-order chi connectivity index (χ0) is 18.9. The topological polar surface area (TPSA) is 32.3 Å². The van der Waals surface area contributed by atoms with Crippen LogP contribution in [-0.4, -0.2) is 25.0 Å². The minimum atomic E-state index is -0.682. The van der Waals surface area contributed by atoms with E-state index in [2.05, 4.69) is 21.2 Å². The summed E-state index contributed by atoms with van der Waals surface area (Å²) in [4.78, 5) is 14.7. The molecule has 3 nitrogen and oxygen atoms in total. The van der Waals surface area contributed by atoms with E-state index in [1.807, 2.05) is 43.0 Å². The Morgan fingerprint density at radius 3 is 2.69 bits per heavy atom. The Morgan fingerprint density at radius 2 is 2.00 bits per heavy atom. The molecule has 0 spiro atoms. The number of anilines is 1. The number of nitrogens with zero attached hydrogens (tertiary/aromatic N) is 1. The lowest BCUT2D eigenvalue weighted by Gasteiger charge is -2.27. The molecule has 26 heavy (non-hydrogen) atoms. The second-order valence-corrected chi connectivity index (χ2v) is 8.05. The first-order valence-corrected chi connectivity index (χ1v) is 9.33. The lowest BCUT2D eigenvalue weighted by Crippen LogP contribution is -2.46. The third-order valence-electron chi connectivity index (χ3n) is 4.89. The summed E-state index contributed by atoms with van der Waals surface area (Å²) in [6, 6.07) is 11.2. The maximum atomic E-state index is 14.0. The molecule has 0 bridgehead atoms. The summed E-state index contributed by atoms with van der Waals surface area (Å²) in [5.74, 6) is -1.24. The van der Waals surface area contributed by atoms with Crippen molar-refractivity contribution in [1.82, 2.24) is 5.32 Å². The average Bonchev–Trinajstić information content (AvgIpc) is 3.03. The molecule has 3 rings (SSSR count). The van der Waals surface area contributed by atoms with Gasteiger partial charge in [0.1, 0.15) is 11.6 Å². The van der Waals surface area contributed by atoms with Crippen LogP contribution in [0.5, 0.6) is 0 Å². The average molecular weight is 423 g/mol. The Labute approximate surface area is 160 Å². The Bertz CT molecular complexity index is 825. The Kier molecular flexibility index (Phi) is 5.32. The van der Waals surface area contributed by atoms with Crippen LogP contribution in [0, 0.1) is 11.6 Å². The van der Waals surface area contributed by atoms with Crippen molar-refractivity contribution in [2.24, 2.45) is 0 Å². The van der Waals surface area contributed by atoms with Gasteiger partial charge in [0.15, 0.2) is 0 Å². The monoisotopic (exact) mass is 422 g/mol. The van der Waals surface area contributed by atoms with Crippen molar-refractivity contribution in [2.45, 2.75) is 31.7 Å². The number of hydrogen-bond donors (Lipinski definition) is 1. The van der Waals surface area contributed by atoms with Gasteiger partial charge in [0.05, 0.1) is 11.1 Å². The van der Waals surface area contributed by atoms with E-state index in [1.165, 1.54) is 12.1 Å². The molecule has 0 aromatic heterocycles. The lowest BCUT2D eigenvalue weighted by atomic mass is 9.83. The highest BCUT2D eigenvalue weighted by Crippen LogP contribution is 2.28. The number of carbonyl (C=O) groups is 1. The van der Waals surface area contributed by atoms with Crippen molar-refractivity contribution in [3.05, 3.63) is 64.1 Å². The second-order valence-electron chi connectivity index (χ2n) is 7.14. The van der Waals surface area contributed by atoms with Gasteiger partial charge < -0.3 is 10.2 Å². The largest absolute Gasteiger partial charge is 0.367 e. The quantitative estimate of drug-likeness (QED) is 0.791. The molecular formula is C20H21BrF2N2O. The number of rotatable bonds is 4. The van der Waals surface area contributed by atoms with Gasteiger partial charge >= 0.3 is 0 Å². The predicted octanol–water partition coefficient (Wildman–Crippen LogP) is 4.40. The summed E-state index contributed by atoms with van der Waals surface area (Å²) in [6.07, 6.45) is 0.719. The van der Waals surface area contributed by atoms with E-state index in [0.717, 1.165) is 22.5 Å². The molecule has 1 N–H and O–H groups in total. The molecule has 0 aliphatic carbocycles. The van der Waals surface area contributed by atoms with Crippen LogP contribution in [0.1, 0.15) is 25.8 Å². The first-order chi connectivity index (χ1) is 12.3.